The van der Waals surface area contributed by atoms with Gasteiger partial charge in [-0.15, -0.1) is 0 Å². The maximum Gasteiger partial charge on any atom is 0.162 e. The standard InChI is InChI=1S/C27H29N5O2/c1-26(2)17-27(13-15-34-26,18-8-10-19(33-3)11-9-18)12-14-32-24(29)20(16-28)23-25(32)31-22-7-5-4-6-21(22)30-23/h4-11H,12-15,17,29H2,1-3H3. The fourth-order valence-electron chi connectivity index (χ4n) is 5.41. The minimum Gasteiger partial charge on any atom is -0.497 e. The van der Waals surface area contributed by atoms with E-state index in [1.165, 1.54) is 5.56 Å². The zero-order valence-corrected chi connectivity index (χ0v) is 19.8. The Morgan fingerprint density at radius 3 is 2.47 bits per heavy atom. The predicted octanol–water partition coefficient (Wildman–Crippen LogP) is 4.96. The maximum atomic E-state index is 9.83. The van der Waals surface area contributed by atoms with E-state index in [0.29, 0.717) is 35.7 Å². The molecule has 5 rings (SSSR count). The maximum absolute atomic E-state index is 9.83. The lowest BCUT2D eigenvalue weighted by atomic mass is 9.67. The Balaban J connectivity index is 1.58. The summed E-state index contributed by atoms with van der Waals surface area (Å²) < 4.78 is 13.4. The van der Waals surface area contributed by atoms with Crippen molar-refractivity contribution in [1.82, 2.24) is 14.5 Å². The summed E-state index contributed by atoms with van der Waals surface area (Å²) in [6.45, 7) is 5.61. The molecule has 34 heavy (non-hydrogen) atoms. The lowest BCUT2D eigenvalue weighted by Crippen LogP contribution is -2.44. The fraction of sp³-hybridized carbons (Fsp3) is 0.370. The Bertz CT molecular complexity index is 1400. The summed E-state index contributed by atoms with van der Waals surface area (Å²) in [5.41, 5.74) is 10.6. The molecule has 0 bridgehead atoms. The van der Waals surface area contributed by atoms with Crippen LogP contribution in [0.5, 0.6) is 5.75 Å². The van der Waals surface area contributed by atoms with Gasteiger partial charge in [0.2, 0.25) is 0 Å². The summed E-state index contributed by atoms with van der Waals surface area (Å²) >= 11 is 0. The van der Waals surface area contributed by atoms with Crippen LogP contribution in [0, 0.1) is 11.3 Å². The topological polar surface area (TPSA) is 99.0 Å². The number of nitrogens with two attached hydrogens (primary N) is 1. The minimum absolute atomic E-state index is 0.103. The number of anilines is 1. The first kappa shape index (κ1) is 22.2. The molecule has 0 amide bonds. The Morgan fingerprint density at radius 2 is 1.82 bits per heavy atom. The Hall–Kier alpha value is -3.63. The van der Waals surface area contributed by atoms with E-state index >= 15 is 0 Å². The number of rotatable bonds is 5. The molecule has 0 spiro atoms. The van der Waals surface area contributed by atoms with Crippen LogP contribution in [0.1, 0.15) is 44.2 Å². The molecule has 3 heterocycles. The van der Waals surface area contributed by atoms with Gasteiger partial charge in [-0.2, -0.15) is 5.26 Å². The van der Waals surface area contributed by atoms with E-state index in [1.54, 1.807) is 7.11 Å². The third-order valence-electron chi connectivity index (χ3n) is 7.06. The van der Waals surface area contributed by atoms with Crippen molar-refractivity contribution in [2.45, 2.75) is 50.7 Å². The van der Waals surface area contributed by atoms with Gasteiger partial charge in [0.05, 0.1) is 23.7 Å². The van der Waals surface area contributed by atoms with E-state index in [0.717, 1.165) is 36.0 Å². The van der Waals surface area contributed by atoms with Crippen LogP contribution in [0.25, 0.3) is 22.2 Å². The van der Waals surface area contributed by atoms with Gasteiger partial charge in [-0.05, 0) is 62.9 Å². The normalized spacial score (nSPS) is 19.8. The van der Waals surface area contributed by atoms with E-state index in [9.17, 15) is 5.26 Å². The molecule has 7 heteroatoms. The van der Waals surface area contributed by atoms with E-state index < -0.39 is 0 Å². The van der Waals surface area contributed by atoms with Crippen molar-refractivity contribution in [1.29, 1.82) is 5.26 Å². The van der Waals surface area contributed by atoms with Crippen LogP contribution >= 0.6 is 0 Å². The van der Waals surface area contributed by atoms with Gasteiger partial charge in [0, 0.05) is 18.6 Å². The number of hydrogen-bond acceptors (Lipinski definition) is 6. The minimum atomic E-state index is -0.240. The van der Waals surface area contributed by atoms with E-state index in [1.807, 2.05) is 41.0 Å². The van der Waals surface area contributed by atoms with Gasteiger partial charge in [-0.1, -0.05) is 24.3 Å². The average molecular weight is 456 g/mol. The van der Waals surface area contributed by atoms with Gasteiger partial charge in [0.1, 0.15) is 28.7 Å². The SMILES string of the molecule is COc1ccc(C2(CCn3c(N)c(C#N)c4nc5ccccc5nc43)CCOC(C)(C)C2)cc1. The lowest BCUT2D eigenvalue weighted by molar-refractivity contribution is -0.0847. The van der Waals surface area contributed by atoms with Crippen molar-refractivity contribution in [2.24, 2.45) is 0 Å². The van der Waals surface area contributed by atoms with E-state index in [-0.39, 0.29) is 11.0 Å². The first-order chi connectivity index (χ1) is 16.4. The molecule has 7 nitrogen and oxygen atoms in total. The second kappa shape index (κ2) is 8.30. The average Bonchev–Trinajstić information content (AvgIpc) is 3.10. The second-order valence-electron chi connectivity index (χ2n) is 9.70. The second-order valence-corrected chi connectivity index (χ2v) is 9.70. The number of fused-ring (bicyclic) bond motifs is 2. The van der Waals surface area contributed by atoms with Crippen LogP contribution in [0.2, 0.25) is 0 Å². The molecule has 1 aliphatic rings. The first-order valence-corrected chi connectivity index (χ1v) is 11.6. The molecule has 1 unspecified atom stereocenters. The summed E-state index contributed by atoms with van der Waals surface area (Å²) in [5.74, 6) is 1.26. The predicted molar refractivity (Wildman–Crippen MR) is 133 cm³/mol. The monoisotopic (exact) mass is 455 g/mol. The summed E-state index contributed by atoms with van der Waals surface area (Å²) in [5, 5.41) is 9.83. The molecule has 2 aromatic heterocycles. The molecule has 0 aliphatic carbocycles. The fourth-order valence-corrected chi connectivity index (χ4v) is 5.41. The summed E-state index contributed by atoms with van der Waals surface area (Å²) in [6, 6.07) is 18.3. The van der Waals surface area contributed by atoms with Gasteiger partial charge in [0.15, 0.2) is 5.65 Å². The quantitative estimate of drug-likeness (QED) is 0.456. The van der Waals surface area contributed by atoms with Crippen molar-refractivity contribution in [3.63, 3.8) is 0 Å². The van der Waals surface area contributed by atoms with Gasteiger partial charge in [0.25, 0.3) is 0 Å². The van der Waals surface area contributed by atoms with Gasteiger partial charge < -0.3 is 19.8 Å². The number of para-hydroxylation sites is 2. The van der Waals surface area contributed by atoms with Gasteiger partial charge in [-0.25, -0.2) is 9.97 Å². The molecule has 4 aromatic rings. The molecule has 2 N–H and O–H groups in total. The van der Waals surface area contributed by atoms with Crippen LogP contribution in [-0.2, 0) is 16.7 Å². The number of nitriles is 1. The van der Waals surface area contributed by atoms with Crippen LogP contribution in [0.15, 0.2) is 48.5 Å². The molecular formula is C27H29N5O2. The molecule has 0 radical (unpaired) electrons. The number of benzene rings is 2. The highest BCUT2D eigenvalue weighted by atomic mass is 16.5. The number of nitrogen functional groups attached to an aromatic ring is 1. The van der Waals surface area contributed by atoms with Crippen LogP contribution < -0.4 is 10.5 Å². The van der Waals surface area contributed by atoms with Crippen LogP contribution in [0.3, 0.4) is 0 Å². The largest absolute Gasteiger partial charge is 0.497 e. The van der Waals surface area contributed by atoms with Crippen molar-refractivity contribution >= 4 is 28.0 Å². The molecule has 1 fully saturated rings. The summed E-state index contributed by atoms with van der Waals surface area (Å²) in [6.07, 6.45) is 2.62. The van der Waals surface area contributed by atoms with E-state index in [4.69, 9.17) is 25.2 Å². The highest BCUT2D eigenvalue weighted by Crippen LogP contribution is 2.45. The van der Waals surface area contributed by atoms with Crippen molar-refractivity contribution in [3.05, 3.63) is 59.7 Å². The van der Waals surface area contributed by atoms with Crippen molar-refractivity contribution < 1.29 is 9.47 Å². The lowest BCUT2D eigenvalue weighted by Gasteiger charge is -2.45. The number of nitrogens with zero attached hydrogens (tertiary/aromatic N) is 4. The summed E-state index contributed by atoms with van der Waals surface area (Å²) in [4.78, 5) is 9.57. The third-order valence-corrected chi connectivity index (χ3v) is 7.06. The highest BCUT2D eigenvalue weighted by molar-refractivity contribution is 5.92. The van der Waals surface area contributed by atoms with Crippen molar-refractivity contribution in [2.75, 3.05) is 19.5 Å². The molecule has 174 valence electrons. The van der Waals surface area contributed by atoms with Crippen molar-refractivity contribution in [3.8, 4) is 11.8 Å². The number of hydrogen-bond donors (Lipinski definition) is 1. The number of aryl methyl sites for hydroxylation is 1. The Labute approximate surface area is 199 Å². The number of ether oxygens (including phenoxy) is 2. The summed E-state index contributed by atoms with van der Waals surface area (Å²) in [7, 11) is 1.68. The molecule has 1 saturated heterocycles. The zero-order chi connectivity index (χ0) is 23.9. The Kier molecular flexibility index (Phi) is 5.41. The highest BCUT2D eigenvalue weighted by Gasteiger charge is 2.42. The smallest absolute Gasteiger partial charge is 0.162 e. The van der Waals surface area contributed by atoms with Crippen LogP contribution in [0.4, 0.5) is 5.82 Å². The molecule has 2 aromatic carbocycles. The third kappa shape index (κ3) is 3.74. The van der Waals surface area contributed by atoms with Crippen LogP contribution in [-0.4, -0.2) is 33.9 Å². The first-order valence-electron chi connectivity index (χ1n) is 11.6. The molecule has 1 aliphatic heterocycles. The van der Waals surface area contributed by atoms with E-state index in [2.05, 4.69) is 32.0 Å². The van der Waals surface area contributed by atoms with Gasteiger partial charge in [-0.3, -0.25) is 0 Å². The molecular weight excluding hydrogens is 426 g/mol. The van der Waals surface area contributed by atoms with Gasteiger partial charge >= 0.3 is 0 Å². The number of aromatic nitrogens is 3. The Morgan fingerprint density at radius 1 is 1.12 bits per heavy atom. The molecule has 0 saturated carbocycles. The molecule has 1 atom stereocenters. The number of methoxy groups -OCH3 is 1. The zero-order valence-electron chi connectivity index (χ0n) is 19.8.